The predicted molar refractivity (Wildman–Crippen MR) is 352 cm³/mol. The van der Waals surface area contributed by atoms with Gasteiger partial charge in [0.05, 0.1) is 22.9 Å². The number of hydrogen-bond acceptors (Lipinski definition) is 4. The molecule has 0 aliphatic rings. The molecular formula is C76H50BBrN2O2. The first-order valence-electron chi connectivity index (χ1n) is 27.5. The highest BCUT2D eigenvalue weighted by atomic mass is 79.9. The van der Waals surface area contributed by atoms with Crippen LogP contribution in [-0.2, 0) is 0 Å². The summed E-state index contributed by atoms with van der Waals surface area (Å²) in [7, 11) is -1.43. The van der Waals surface area contributed by atoms with E-state index in [2.05, 4.69) is 265 Å². The molecule has 82 heavy (non-hydrogen) atoms. The van der Waals surface area contributed by atoms with Crippen LogP contribution in [0.3, 0.4) is 0 Å². The number of halogens is 1. The summed E-state index contributed by atoms with van der Waals surface area (Å²) in [4.78, 5) is 10.1. The highest BCUT2D eigenvalue weighted by Gasteiger charge is 2.16. The van der Waals surface area contributed by atoms with Crippen LogP contribution in [0.1, 0.15) is 0 Å². The summed E-state index contributed by atoms with van der Waals surface area (Å²) in [5.41, 5.74) is 11.5. The molecule has 0 amide bonds. The third kappa shape index (κ3) is 9.39. The summed E-state index contributed by atoms with van der Waals surface area (Å²) in [5.74, 6) is 0. The second-order valence-electron chi connectivity index (χ2n) is 20.7. The van der Waals surface area contributed by atoms with Crippen LogP contribution in [-0.4, -0.2) is 27.1 Å². The van der Waals surface area contributed by atoms with Crippen molar-refractivity contribution in [1.29, 1.82) is 0 Å². The average Bonchev–Trinajstić information content (AvgIpc) is 3.73. The van der Waals surface area contributed by atoms with Crippen LogP contribution in [0.25, 0.3) is 142 Å². The standard InChI is InChI=1S/C36H22N2.C20H15BO2.C20H13Br/c1-2-10-26-25(9-1)21-33(30-14-4-3-11-27(26)30)23-17-19-24(20-18-23)34-22-37-35-31-15-7-5-12-28(31)29-13-6-8-16-32(29)36(35)38-34;22-21(23)16-11-9-14(10-12-16)20-13-15-5-1-2-6-17(15)18-7-3-4-8-19(18)20;21-16-11-9-14(10-12-16)20-13-15-5-1-2-6-17(15)18-7-3-4-8-19(18)20/h1-22H;1-13,22-23H;1-13H. The zero-order chi connectivity index (χ0) is 55.1. The first-order chi connectivity index (χ1) is 40.4. The fraction of sp³-hybridized carbons (Fsp3) is 0. The molecule has 0 saturated carbocycles. The molecule has 0 radical (unpaired) electrons. The summed E-state index contributed by atoms with van der Waals surface area (Å²) in [5, 5.41) is 38.4. The van der Waals surface area contributed by atoms with Crippen LogP contribution in [0.2, 0.25) is 0 Å². The maximum Gasteiger partial charge on any atom is 0.488 e. The molecule has 15 aromatic carbocycles. The summed E-state index contributed by atoms with van der Waals surface area (Å²) in [6.07, 6.45) is 1.91. The Morgan fingerprint density at radius 1 is 0.280 bits per heavy atom. The Hall–Kier alpha value is -9.82. The summed E-state index contributed by atoms with van der Waals surface area (Å²) < 4.78 is 1.11. The number of nitrogens with zero attached hydrogens (tertiary/aromatic N) is 2. The second-order valence-corrected chi connectivity index (χ2v) is 21.6. The number of hydrogen-bond donors (Lipinski definition) is 2. The van der Waals surface area contributed by atoms with Gasteiger partial charge < -0.3 is 10.0 Å². The zero-order valence-electron chi connectivity index (χ0n) is 44.5. The number of benzene rings is 15. The van der Waals surface area contributed by atoms with E-state index in [0.717, 1.165) is 48.7 Å². The summed E-state index contributed by atoms with van der Waals surface area (Å²) in [6, 6.07) is 99.7. The lowest BCUT2D eigenvalue weighted by molar-refractivity contribution is 0.426. The van der Waals surface area contributed by atoms with Gasteiger partial charge in [0.1, 0.15) is 0 Å². The van der Waals surface area contributed by atoms with Gasteiger partial charge in [-0.3, -0.25) is 4.98 Å². The lowest BCUT2D eigenvalue weighted by Gasteiger charge is -2.12. The van der Waals surface area contributed by atoms with Crippen molar-refractivity contribution < 1.29 is 10.0 Å². The molecule has 0 saturated heterocycles. The Morgan fingerprint density at radius 2 is 0.573 bits per heavy atom. The van der Waals surface area contributed by atoms with Crippen LogP contribution >= 0.6 is 15.9 Å². The van der Waals surface area contributed by atoms with Crippen LogP contribution in [0, 0.1) is 0 Å². The quantitative estimate of drug-likeness (QED) is 0.133. The van der Waals surface area contributed by atoms with Gasteiger partial charge in [-0.05, 0) is 145 Å². The Bertz CT molecular complexity index is 5050. The van der Waals surface area contributed by atoms with E-state index in [1.54, 1.807) is 12.1 Å². The van der Waals surface area contributed by atoms with E-state index in [-0.39, 0.29) is 0 Å². The predicted octanol–water partition coefficient (Wildman–Crippen LogP) is 19.3. The Morgan fingerprint density at radius 3 is 0.963 bits per heavy atom. The minimum absolute atomic E-state index is 0.499. The van der Waals surface area contributed by atoms with Crippen molar-refractivity contribution in [2.75, 3.05) is 0 Å². The van der Waals surface area contributed by atoms with Gasteiger partial charge in [0.25, 0.3) is 0 Å². The van der Waals surface area contributed by atoms with Crippen molar-refractivity contribution >= 4 is 126 Å². The Balaban J connectivity index is 0.000000118. The molecule has 0 fully saturated rings. The fourth-order valence-corrected chi connectivity index (χ4v) is 12.2. The molecule has 16 aromatic rings. The van der Waals surface area contributed by atoms with Crippen molar-refractivity contribution in [2.24, 2.45) is 0 Å². The molecule has 0 bridgehead atoms. The highest BCUT2D eigenvalue weighted by Crippen LogP contribution is 2.40. The average molecular weight is 1110 g/mol. The normalized spacial score (nSPS) is 11.4. The van der Waals surface area contributed by atoms with E-state index in [0.29, 0.717) is 5.46 Å². The van der Waals surface area contributed by atoms with Gasteiger partial charge in [-0.1, -0.05) is 271 Å². The van der Waals surface area contributed by atoms with Gasteiger partial charge >= 0.3 is 7.12 Å². The smallest absolute Gasteiger partial charge is 0.423 e. The Labute approximate surface area is 483 Å². The molecule has 0 unspecified atom stereocenters. The fourth-order valence-electron chi connectivity index (χ4n) is 11.9. The largest absolute Gasteiger partial charge is 0.488 e. The number of fused-ring (bicyclic) bond motifs is 15. The first-order valence-corrected chi connectivity index (χ1v) is 28.3. The van der Waals surface area contributed by atoms with E-state index in [4.69, 9.17) is 9.97 Å². The molecular weight excluding hydrogens is 1060 g/mol. The van der Waals surface area contributed by atoms with Gasteiger partial charge in [-0.15, -0.1) is 0 Å². The first kappa shape index (κ1) is 50.4. The van der Waals surface area contributed by atoms with Crippen LogP contribution in [0.15, 0.2) is 296 Å². The number of aromatic nitrogens is 2. The van der Waals surface area contributed by atoms with Crippen LogP contribution in [0.4, 0.5) is 0 Å². The molecule has 6 heteroatoms. The summed E-state index contributed by atoms with van der Waals surface area (Å²) >= 11 is 3.51. The maximum atomic E-state index is 9.25. The molecule has 1 heterocycles. The van der Waals surface area contributed by atoms with Crippen molar-refractivity contribution in [2.45, 2.75) is 0 Å². The molecule has 4 nitrogen and oxygen atoms in total. The van der Waals surface area contributed by atoms with Crippen molar-refractivity contribution in [3.63, 3.8) is 0 Å². The Kier molecular flexibility index (Phi) is 13.3. The minimum atomic E-state index is -1.43. The second kappa shape index (κ2) is 21.7. The lowest BCUT2D eigenvalue weighted by Crippen LogP contribution is -2.29. The van der Waals surface area contributed by atoms with Crippen LogP contribution < -0.4 is 5.46 Å². The van der Waals surface area contributed by atoms with Gasteiger partial charge in [0.2, 0.25) is 0 Å². The molecule has 2 N–H and O–H groups in total. The maximum absolute atomic E-state index is 9.25. The van der Waals surface area contributed by atoms with Crippen molar-refractivity contribution in [3.8, 4) is 44.6 Å². The molecule has 0 aliphatic carbocycles. The topological polar surface area (TPSA) is 66.2 Å². The molecule has 16 rings (SSSR count). The van der Waals surface area contributed by atoms with E-state index in [1.165, 1.54) is 97.7 Å². The van der Waals surface area contributed by atoms with E-state index in [9.17, 15) is 10.0 Å². The van der Waals surface area contributed by atoms with Crippen molar-refractivity contribution in [3.05, 3.63) is 296 Å². The van der Waals surface area contributed by atoms with Gasteiger partial charge in [0.15, 0.2) is 0 Å². The molecule has 386 valence electrons. The van der Waals surface area contributed by atoms with E-state index >= 15 is 0 Å². The molecule has 1 aromatic heterocycles. The van der Waals surface area contributed by atoms with Crippen molar-refractivity contribution in [1.82, 2.24) is 9.97 Å². The van der Waals surface area contributed by atoms with Gasteiger partial charge in [-0.2, -0.15) is 0 Å². The zero-order valence-corrected chi connectivity index (χ0v) is 46.0. The van der Waals surface area contributed by atoms with Crippen LogP contribution in [0.5, 0.6) is 0 Å². The molecule has 0 spiro atoms. The third-order valence-electron chi connectivity index (χ3n) is 15.9. The lowest BCUT2D eigenvalue weighted by atomic mass is 9.79. The minimum Gasteiger partial charge on any atom is -0.423 e. The van der Waals surface area contributed by atoms with Gasteiger partial charge in [0, 0.05) is 20.8 Å². The highest BCUT2D eigenvalue weighted by molar-refractivity contribution is 9.10. The summed E-state index contributed by atoms with van der Waals surface area (Å²) in [6.45, 7) is 0. The molecule has 0 atom stereocenters. The number of rotatable bonds is 5. The monoisotopic (exact) mass is 1110 g/mol. The third-order valence-corrected chi connectivity index (χ3v) is 16.4. The SMILES string of the molecule is Brc1ccc(-c2cc3ccccc3c3ccccc23)cc1.OB(O)c1ccc(-c2cc3ccccc3c3ccccc23)cc1.c1ccc2c(c1)cc(-c1ccc(-c3cnc4c5ccccc5c5ccccc5c4n3)cc1)c1ccccc12. The van der Waals surface area contributed by atoms with E-state index in [1.807, 2.05) is 30.5 Å². The molecule has 0 aliphatic heterocycles. The van der Waals surface area contributed by atoms with E-state index < -0.39 is 7.12 Å². The van der Waals surface area contributed by atoms with Gasteiger partial charge in [-0.25, -0.2) is 4.98 Å².